The molecule has 0 aromatic carbocycles. The predicted molar refractivity (Wildman–Crippen MR) is 52.0 cm³/mol. The molecule has 0 fully saturated rings. The van der Waals surface area contributed by atoms with Gasteiger partial charge in [0.2, 0.25) is 0 Å². The molecule has 0 atom stereocenters. The Balaban J connectivity index is 4.97. The Morgan fingerprint density at radius 1 is 1.08 bits per heavy atom. The summed E-state index contributed by atoms with van der Waals surface area (Å²) in [6.45, 7) is 12.0. The smallest absolute Gasteiger partial charge is 0.253 e. The largest absolute Gasteiger partial charge is 0.270 e. The Kier molecular flexibility index (Phi) is 3.60. The molecule has 2 amide bonds. The minimum atomic E-state index is -0.545. The predicted octanol–water partition coefficient (Wildman–Crippen LogP) is 1.51. The lowest BCUT2D eigenvalue weighted by Gasteiger charge is -2.31. The number of amides is 2. The van der Waals surface area contributed by atoms with E-state index in [1.807, 2.05) is 0 Å². The van der Waals surface area contributed by atoms with Crippen molar-refractivity contribution in [3.05, 3.63) is 25.3 Å². The van der Waals surface area contributed by atoms with E-state index in [4.69, 9.17) is 0 Å². The Labute approximate surface area is 78.7 Å². The molecule has 0 radical (unpaired) electrons. The molecule has 0 unspecified atom stereocenters. The number of carbonyl (C=O) groups excluding carboxylic acids is 2. The van der Waals surface area contributed by atoms with Gasteiger partial charge in [-0.1, -0.05) is 13.2 Å². The number of hydrogen-bond donors (Lipinski definition) is 0. The Morgan fingerprint density at radius 3 is 1.54 bits per heavy atom. The minimum absolute atomic E-state index is 0.405. The highest BCUT2D eigenvalue weighted by Gasteiger charge is 2.28. The molecule has 0 rings (SSSR count). The maximum atomic E-state index is 11.3. The summed E-state index contributed by atoms with van der Waals surface area (Å²) in [5.41, 5.74) is -0.545. The number of carbonyl (C=O) groups is 2. The maximum Gasteiger partial charge on any atom is 0.253 e. The summed E-state index contributed by atoms with van der Waals surface area (Å²) < 4.78 is 0. The molecule has 0 heterocycles. The highest BCUT2D eigenvalue weighted by molar-refractivity contribution is 6.05. The molecule has 0 spiro atoms. The van der Waals surface area contributed by atoms with E-state index in [1.54, 1.807) is 20.8 Å². The fourth-order valence-electron chi connectivity index (χ4n) is 0.952. The molecule has 0 aliphatic heterocycles. The van der Waals surface area contributed by atoms with E-state index < -0.39 is 17.4 Å². The fraction of sp³-hybridized carbons (Fsp3) is 0.400. The molecule has 72 valence electrons. The maximum absolute atomic E-state index is 11.3. The van der Waals surface area contributed by atoms with Gasteiger partial charge in [0, 0.05) is 5.54 Å². The van der Waals surface area contributed by atoms with Gasteiger partial charge in [-0.25, -0.2) is 0 Å². The Hall–Kier alpha value is -1.38. The first-order valence-electron chi connectivity index (χ1n) is 3.97. The molecular formula is C10H15NO2. The van der Waals surface area contributed by atoms with Gasteiger partial charge in [0.1, 0.15) is 0 Å². The SMILES string of the molecule is C=CC(=O)N(C(=O)C=C)C(C)(C)C. The van der Waals surface area contributed by atoms with E-state index in [1.165, 1.54) is 0 Å². The van der Waals surface area contributed by atoms with Crippen molar-refractivity contribution < 1.29 is 9.59 Å². The van der Waals surface area contributed by atoms with Gasteiger partial charge in [-0.05, 0) is 32.9 Å². The third-order valence-corrected chi connectivity index (χ3v) is 1.46. The summed E-state index contributed by atoms with van der Waals surface area (Å²) in [5.74, 6) is -0.810. The summed E-state index contributed by atoms with van der Waals surface area (Å²) in [5, 5.41) is 0. The van der Waals surface area contributed by atoms with Crippen LogP contribution in [0.15, 0.2) is 25.3 Å². The lowest BCUT2D eigenvalue weighted by Crippen LogP contribution is -2.48. The third-order valence-electron chi connectivity index (χ3n) is 1.46. The van der Waals surface area contributed by atoms with Crippen LogP contribution in [-0.2, 0) is 9.59 Å². The second kappa shape index (κ2) is 4.03. The molecule has 3 heteroatoms. The van der Waals surface area contributed by atoms with Gasteiger partial charge in [0.15, 0.2) is 0 Å². The second-order valence-electron chi connectivity index (χ2n) is 3.59. The van der Waals surface area contributed by atoms with Crippen LogP contribution in [0.1, 0.15) is 20.8 Å². The van der Waals surface area contributed by atoms with E-state index in [9.17, 15) is 9.59 Å². The zero-order valence-corrected chi connectivity index (χ0v) is 8.33. The standard InChI is InChI=1S/C10H15NO2/c1-6-8(12)11(9(13)7-2)10(3,4)5/h6-7H,1-2H2,3-5H3. The monoisotopic (exact) mass is 181 g/mol. The quantitative estimate of drug-likeness (QED) is 0.605. The first-order valence-corrected chi connectivity index (χ1v) is 3.97. The van der Waals surface area contributed by atoms with Gasteiger partial charge in [-0.3, -0.25) is 14.5 Å². The van der Waals surface area contributed by atoms with Crippen LogP contribution in [0.25, 0.3) is 0 Å². The van der Waals surface area contributed by atoms with Crippen molar-refractivity contribution in [1.29, 1.82) is 0 Å². The van der Waals surface area contributed by atoms with Gasteiger partial charge in [-0.2, -0.15) is 0 Å². The molecule has 3 nitrogen and oxygen atoms in total. The lowest BCUT2D eigenvalue weighted by molar-refractivity contribution is -0.144. The Bertz CT molecular complexity index is 228. The van der Waals surface area contributed by atoms with Gasteiger partial charge >= 0.3 is 0 Å². The van der Waals surface area contributed by atoms with E-state index in [0.717, 1.165) is 17.1 Å². The lowest BCUT2D eigenvalue weighted by atomic mass is 10.1. The van der Waals surface area contributed by atoms with Crippen molar-refractivity contribution in [3.8, 4) is 0 Å². The van der Waals surface area contributed by atoms with Crippen molar-refractivity contribution in [2.75, 3.05) is 0 Å². The first kappa shape index (κ1) is 11.6. The molecule has 0 aromatic rings. The first-order chi connectivity index (χ1) is 5.84. The molecule has 0 saturated carbocycles. The topological polar surface area (TPSA) is 37.4 Å². The zero-order valence-electron chi connectivity index (χ0n) is 8.33. The number of nitrogens with zero attached hydrogens (tertiary/aromatic N) is 1. The Morgan fingerprint density at radius 2 is 1.38 bits per heavy atom. The van der Waals surface area contributed by atoms with Crippen molar-refractivity contribution in [3.63, 3.8) is 0 Å². The molecule has 0 N–H and O–H groups in total. The van der Waals surface area contributed by atoms with E-state index in [-0.39, 0.29) is 0 Å². The summed E-state index contributed by atoms with van der Waals surface area (Å²) in [7, 11) is 0. The van der Waals surface area contributed by atoms with Crippen LogP contribution in [0.5, 0.6) is 0 Å². The summed E-state index contributed by atoms with van der Waals surface area (Å²) >= 11 is 0. The van der Waals surface area contributed by atoms with Gasteiger partial charge in [0.25, 0.3) is 11.8 Å². The van der Waals surface area contributed by atoms with Gasteiger partial charge in [0.05, 0.1) is 0 Å². The molecule has 0 saturated heterocycles. The van der Waals surface area contributed by atoms with Crippen LogP contribution in [0.2, 0.25) is 0 Å². The van der Waals surface area contributed by atoms with E-state index in [0.29, 0.717) is 0 Å². The van der Waals surface area contributed by atoms with Crippen LogP contribution >= 0.6 is 0 Å². The van der Waals surface area contributed by atoms with Crippen molar-refractivity contribution >= 4 is 11.8 Å². The summed E-state index contributed by atoms with van der Waals surface area (Å²) in [4.78, 5) is 23.7. The summed E-state index contributed by atoms with van der Waals surface area (Å²) in [6, 6.07) is 0. The van der Waals surface area contributed by atoms with Gasteiger partial charge in [-0.15, -0.1) is 0 Å². The molecule has 0 bridgehead atoms. The molecule has 13 heavy (non-hydrogen) atoms. The minimum Gasteiger partial charge on any atom is -0.270 e. The van der Waals surface area contributed by atoms with Gasteiger partial charge < -0.3 is 0 Å². The number of rotatable bonds is 2. The molecular weight excluding hydrogens is 166 g/mol. The number of imide groups is 1. The zero-order chi connectivity index (χ0) is 10.6. The average molecular weight is 181 g/mol. The summed E-state index contributed by atoms with van der Waals surface area (Å²) in [6.07, 6.45) is 2.24. The van der Waals surface area contributed by atoms with Crippen molar-refractivity contribution in [2.45, 2.75) is 26.3 Å². The van der Waals surface area contributed by atoms with E-state index >= 15 is 0 Å². The highest BCUT2D eigenvalue weighted by atomic mass is 16.2. The fourth-order valence-corrected chi connectivity index (χ4v) is 0.952. The van der Waals surface area contributed by atoms with E-state index in [2.05, 4.69) is 13.2 Å². The van der Waals surface area contributed by atoms with Crippen LogP contribution in [0.4, 0.5) is 0 Å². The van der Waals surface area contributed by atoms with Crippen LogP contribution < -0.4 is 0 Å². The van der Waals surface area contributed by atoms with Crippen molar-refractivity contribution in [1.82, 2.24) is 4.90 Å². The highest BCUT2D eigenvalue weighted by Crippen LogP contribution is 2.14. The third kappa shape index (κ3) is 2.86. The van der Waals surface area contributed by atoms with Crippen LogP contribution in [0.3, 0.4) is 0 Å². The molecule has 0 aliphatic rings. The van der Waals surface area contributed by atoms with Crippen LogP contribution in [0, 0.1) is 0 Å². The normalized spacial score (nSPS) is 10.4. The molecule has 0 aliphatic carbocycles. The molecule has 0 aromatic heterocycles. The number of hydrogen-bond acceptors (Lipinski definition) is 2. The second-order valence-corrected chi connectivity index (χ2v) is 3.59. The van der Waals surface area contributed by atoms with Crippen LogP contribution in [-0.4, -0.2) is 22.3 Å². The van der Waals surface area contributed by atoms with Crippen molar-refractivity contribution in [2.24, 2.45) is 0 Å². The average Bonchev–Trinajstić information content (AvgIpc) is 2.01.